The second-order valence-corrected chi connectivity index (χ2v) is 6.54. The van der Waals surface area contributed by atoms with Crippen molar-refractivity contribution in [2.24, 2.45) is 0 Å². The average Bonchev–Trinajstić information content (AvgIpc) is 2.68. The number of hydrogen-bond acceptors (Lipinski definition) is 4. The fourth-order valence-corrected chi connectivity index (χ4v) is 3.33. The summed E-state index contributed by atoms with van der Waals surface area (Å²) in [5, 5.41) is 3.46. The number of nitrogens with one attached hydrogen (secondary N) is 1. The van der Waals surface area contributed by atoms with Gasteiger partial charge in [-0.15, -0.1) is 0 Å². The highest BCUT2D eigenvalue weighted by molar-refractivity contribution is 6.05. The van der Waals surface area contributed by atoms with Gasteiger partial charge in [0.15, 0.2) is 0 Å². The molecule has 1 saturated heterocycles. The third-order valence-electron chi connectivity index (χ3n) is 4.72. The molecular weight excluding hydrogens is 328 g/mol. The predicted octanol–water partition coefficient (Wildman–Crippen LogP) is 4.04. The van der Waals surface area contributed by atoms with Gasteiger partial charge in [-0.2, -0.15) is 0 Å². The molecule has 0 radical (unpaired) electrons. The fraction of sp³-hybridized carbons (Fsp3) is 0.238. The minimum absolute atomic E-state index is 0.00655. The maximum Gasteiger partial charge on any atom is 0.349 e. The maximum absolute atomic E-state index is 12.4. The number of carbonyl (C=O) groups excluding carboxylic acids is 1. The molecule has 1 aliphatic rings. The van der Waals surface area contributed by atoms with E-state index >= 15 is 0 Å². The number of para-hydroxylation sites is 1. The zero-order valence-corrected chi connectivity index (χ0v) is 14.4. The normalized spacial score (nSPS) is 14.4. The van der Waals surface area contributed by atoms with Gasteiger partial charge < -0.3 is 14.6 Å². The Labute approximate surface area is 151 Å². The van der Waals surface area contributed by atoms with Gasteiger partial charge in [0.2, 0.25) is 0 Å². The van der Waals surface area contributed by atoms with E-state index in [1.165, 1.54) is 19.3 Å². The van der Waals surface area contributed by atoms with Gasteiger partial charge in [-0.25, -0.2) is 4.79 Å². The lowest BCUT2D eigenvalue weighted by molar-refractivity contribution is 0.102. The Morgan fingerprint density at radius 1 is 0.962 bits per heavy atom. The van der Waals surface area contributed by atoms with E-state index in [-0.39, 0.29) is 5.56 Å². The molecule has 0 unspecified atom stereocenters. The maximum atomic E-state index is 12.4. The van der Waals surface area contributed by atoms with Gasteiger partial charge in [-0.05, 0) is 49.6 Å². The van der Waals surface area contributed by atoms with Crippen molar-refractivity contribution >= 4 is 28.3 Å². The number of hydrogen-bond donors (Lipinski definition) is 1. The smallest absolute Gasteiger partial charge is 0.349 e. The average molecular weight is 348 g/mol. The number of nitrogens with zero attached hydrogens (tertiary/aromatic N) is 1. The first-order chi connectivity index (χ1) is 12.7. The van der Waals surface area contributed by atoms with Gasteiger partial charge in [-0.3, -0.25) is 4.79 Å². The summed E-state index contributed by atoms with van der Waals surface area (Å²) in [4.78, 5) is 27.0. The molecule has 1 aliphatic heterocycles. The Morgan fingerprint density at radius 3 is 2.50 bits per heavy atom. The molecule has 5 nitrogen and oxygen atoms in total. The highest BCUT2D eigenvalue weighted by Crippen LogP contribution is 2.24. The van der Waals surface area contributed by atoms with Crippen molar-refractivity contribution in [2.75, 3.05) is 23.3 Å². The van der Waals surface area contributed by atoms with Crippen LogP contribution in [0.5, 0.6) is 0 Å². The molecule has 26 heavy (non-hydrogen) atoms. The topological polar surface area (TPSA) is 62.6 Å². The van der Waals surface area contributed by atoms with Crippen LogP contribution in [0.4, 0.5) is 11.4 Å². The van der Waals surface area contributed by atoms with E-state index in [2.05, 4.69) is 10.2 Å². The summed E-state index contributed by atoms with van der Waals surface area (Å²) in [5.74, 6) is -0.466. The molecule has 5 heteroatoms. The van der Waals surface area contributed by atoms with E-state index in [1.54, 1.807) is 18.2 Å². The second-order valence-electron chi connectivity index (χ2n) is 6.54. The number of piperidine rings is 1. The van der Waals surface area contributed by atoms with E-state index < -0.39 is 11.5 Å². The molecule has 3 aromatic rings. The van der Waals surface area contributed by atoms with Crippen LogP contribution >= 0.6 is 0 Å². The molecule has 2 aromatic carbocycles. The lowest BCUT2D eigenvalue weighted by Crippen LogP contribution is -2.29. The van der Waals surface area contributed by atoms with E-state index in [1.807, 2.05) is 36.4 Å². The molecule has 1 N–H and O–H groups in total. The zero-order chi connectivity index (χ0) is 17.9. The summed E-state index contributed by atoms with van der Waals surface area (Å²) in [7, 11) is 0. The summed E-state index contributed by atoms with van der Waals surface area (Å²) in [6.45, 7) is 2.04. The van der Waals surface area contributed by atoms with Crippen LogP contribution in [0.1, 0.15) is 29.6 Å². The van der Waals surface area contributed by atoms with E-state index in [4.69, 9.17) is 4.42 Å². The molecule has 0 atom stereocenters. The van der Waals surface area contributed by atoms with Gasteiger partial charge in [0.05, 0.1) is 0 Å². The van der Waals surface area contributed by atoms with Crippen LogP contribution in [0.2, 0.25) is 0 Å². The lowest BCUT2D eigenvalue weighted by atomic mass is 10.1. The Hall–Kier alpha value is -3.08. The number of carbonyl (C=O) groups is 1. The number of fused-ring (bicyclic) bond motifs is 1. The Balaban J connectivity index is 1.64. The SMILES string of the molecule is O=C(Nc1ccccc1)c1cc2ccc(N3CCCCC3)cc2oc1=O. The standard InChI is InChI=1S/C21H20N2O3/c24-20(22-16-7-3-1-4-8-16)18-13-15-9-10-17(14-19(15)26-21(18)25)23-11-5-2-6-12-23/h1,3-4,7-10,13-14H,2,5-6,11-12H2,(H,22,24). The molecular formula is C21H20N2O3. The first-order valence-corrected chi connectivity index (χ1v) is 8.90. The van der Waals surface area contributed by atoms with Crippen LogP contribution in [0.3, 0.4) is 0 Å². The molecule has 2 heterocycles. The summed E-state index contributed by atoms with van der Waals surface area (Å²) >= 11 is 0. The zero-order valence-electron chi connectivity index (χ0n) is 14.4. The molecule has 132 valence electrons. The number of amides is 1. The van der Waals surface area contributed by atoms with Crippen LogP contribution in [-0.4, -0.2) is 19.0 Å². The summed E-state index contributed by atoms with van der Waals surface area (Å²) < 4.78 is 5.44. The van der Waals surface area contributed by atoms with Crippen LogP contribution < -0.4 is 15.8 Å². The first-order valence-electron chi connectivity index (χ1n) is 8.90. The third-order valence-corrected chi connectivity index (χ3v) is 4.72. The van der Waals surface area contributed by atoms with Crippen LogP contribution in [-0.2, 0) is 0 Å². The van der Waals surface area contributed by atoms with Crippen molar-refractivity contribution in [1.82, 2.24) is 0 Å². The molecule has 4 rings (SSSR count). The van der Waals surface area contributed by atoms with Crippen molar-refractivity contribution < 1.29 is 9.21 Å². The predicted molar refractivity (Wildman–Crippen MR) is 103 cm³/mol. The molecule has 1 fully saturated rings. The monoisotopic (exact) mass is 348 g/mol. The third kappa shape index (κ3) is 3.33. The molecule has 1 aromatic heterocycles. The highest BCUT2D eigenvalue weighted by Gasteiger charge is 2.16. The quantitative estimate of drug-likeness (QED) is 0.726. The summed E-state index contributed by atoms with van der Waals surface area (Å²) in [6.07, 6.45) is 3.63. The van der Waals surface area contributed by atoms with Crippen molar-refractivity contribution in [2.45, 2.75) is 19.3 Å². The minimum atomic E-state index is -0.623. The van der Waals surface area contributed by atoms with Gasteiger partial charge in [0.1, 0.15) is 11.1 Å². The van der Waals surface area contributed by atoms with Crippen molar-refractivity contribution in [3.63, 3.8) is 0 Å². The number of benzene rings is 2. The second kappa shape index (κ2) is 7.04. The first kappa shape index (κ1) is 16.4. The van der Waals surface area contributed by atoms with E-state index in [0.29, 0.717) is 11.3 Å². The molecule has 0 spiro atoms. The Bertz CT molecular complexity index is 989. The molecule has 0 bridgehead atoms. The Morgan fingerprint density at radius 2 is 1.73 bits per heavy atom. The Kier molecular flexibility index (Phi) is 4.44. The van der Waals surface area contributed by atoms with Gasteiger partial charge >= 0.3 is 5.63 Å². The highest BCUT2D eigenvalue weighted by atomic mass is 16.4. The molecule has 0 aliphatic carbocycles. The largest absolute Gasteiger partial charge is 0.422 e. The summed E-state index contributed by atoms with van der Waals surface area (Å²) in [6, 6.07) is 16.5. The molecule has 1 amide bonds. The van der Waals surface area contributed by atoms with E-state index in [9.17, 15) is 9.59 Å². The van der Waals surface area contributed by atoms with E-state index in [0.717, 1.165) is 24.2 Å². The number of anilines is 2. The van der Waals surface area contributed by atoms with Crippen molar-refractivity contribution in [3.05, 3.63) is 70.6 Å². The van der Waals surface area contributed by atoms with Crippen LogP contribution in [0.15, 0.2) is 63.8 Å². The van der Waals surface area contributed by atoms with Crippen molar-refractivity contribution in [1.29, 1.82) is 0 Å². The van der Waals surface area contributed by atoms with Gasteiger partial charge in [0.25, 0.3) is 5.91 Å². The van der Waals surface area contributed by atoms with Gasteiger partial charge in [-0.1, -0.05) is 18.2 Å². The lowest BCUT2D eigenvalue weighted by Gasteiger charge is -2.28. The number of rotatable bonds is 3. The minimum Gasteiger partial charge on any atom is -0.422 e. The molecule has 0 saturated carbocycles. The van der Waals surface area contributed by atoms with Crippen molar-refractivity contribution in [3.8, 4) is 0 Å². The van der Waals surface area contributed by atoms with Gasteiger partial charge in [0, 0.05) is 35.9 Å². The summed E-state index contributed by atoms with van der Waals surface area (Å²) in [5.41, 5.74) is 1.59. The fourth-order valence-electron chi connectivity index (χ4n) is 3.33. The van der Waals surface area contributed by atoms with Crippen LogP contribution in [0, 0.1) is 0 Å². The van der Waals surface area contributed by atoms with Crippen LogP contribution in [0.25, 0.3) is 11.0 Å².